The van der Waals surface area contributed by atoms with E-state index in [0.29, 0.717) is 5.88 Å². The van der Waals surface area contributed by atoms with Gasteiger partial charge >= 0.3 is 0 Å². The van der Waals surface area contributed by atoms with Crippen LogP contribution in [0.2, 0.25) is 0 Å². The molecule has 1 aliphatic heterocycles. The molecule has 0 radical (unpaired) electrons. The molecule has 1 saturated heterocycles. The van der Waals surface area contributed by atoms with Gasteiger partial charge in [0.05, 0.1) is 25.1 Å². The first kappa shape index (κ1) is 19.0. The minimum absolute atomic E-state index is 0.717. The number of hydrogen-bond donors (Lipinski definition) is 0. The number of aryl methyl sites for hydroxylation is 2. The van der Waals surface area contributed by atoms with E-state index in [1.165, 1.54) is 22.4 Å². The summed E-state index contributed by atoms with van der Waals surface area (Å²) < 4.78 is 11.8. The first-order valence-corrected chi connectivity index (χ1v) is 11.3. The molecule has 1 atom stereocenters. The maximum absolute atomic E-state index is 6.34. The Hall–Kier alpha value is -2.02. The van der Waals surface area contributed by atoms with Crippen LogP contribution in [0.15, 0.2) is 24.3 Å². The molecule has 152 valence electrons. The van der Waals surface area contributed by atoms with Gasteiger partial charge in [0.2, 0.25) is 5.88 Å². The smallest absolute Gasteiger partial charge is 0.231 e. The van der Waals surface area contributed by atoms with Crippen molar-refractivity contribution in [1.82, 2.24) is 14.9 Å². The summed E-state index contributed by atoms with van der Waals surface area (Å²) in [7, 11) is 0. The second-order valence-corrected chi connectivity index (χ2v) is 9.36. The van der Waals surface area contributed by atoms with Crippen LogP contribution in [0.3, 0.4) is 0 Å². The van der Waals surface area contributed by atoms with Crippen LogP contribution >= 0.6 is 11.3 Å². The van der Waals surface area contributed by atoms with E-state index in [1.54, 1.807) is 0 Å². The predicted octanol–water partition coefficient (Wildman–Crippen LogP) is 4.75. The normalized spacial score (nSPS) is 20.0. The van der Waals surface area contributed by atoms with Crippen molar-refractivity contribution in [3.63, 3.8) is 0 Å². The van der Waals surface area contributed by atoms with Crippen LogP contribution in [0.25, 0.3) is 10.2 Å². The highest BCUT2D eigenvalue weighted by Gasteiger charge is 2.25. The number of benzene rings is 1. The van der Waals surface area contributed by atoms with Gasteiger partial charge in [-0.3, -0.25) is 4.90 Å². The lowest BCUT2D eigenvalue weighted by Crippen LogP contribution is -2.36. The van der Waals surface area contributed by atoms with Crippen molar-refractivity contribution in [2.75, 3.05) is 26.3 Å². The molecule has 0 saturated carbocycles. The number of fused-ring (bicyclic) bond motifs is 3. The highest BCUT2D eigenvalue weighted by Crippen LogP contribution is 2.42. The molecule has 0 N–H and O–H groups in total. The van der Waals surface area contributed by atoms with Gasteiger partial charge < -0.3 is 9.47 Å². The van der Waals surface area contributed by atoms with Crippen molar-refractivity contribution < 1.29 is 9.47 Å². The summed E-state index contributed by atoms with van der Waals surface area (Å²) >= 11 is 1.83. The zero-order valence-corrected chi connectivity index (χ0v) is 17.9. The highest BCUT2D eigenvalue weighted by molar-refractivity contribution is 7.18. The Morgan fingerprint density at radius 1 is 1.17 bits per heavy atom. The number of thiophene rings is 1. The summed E-state index contributed by atoms with van der Waals surface area (Å²) in [4.78, 5) is 14.8. The van der Waals surface area contributed by atoms with Gasteiger partial charge in [-0.25, -0.2) is 4.98 Å². The van der Waals surface area contributed by atoms with E-state index in [2.05, 4.69) is 30.9 Å². The first-order chi connectivity index (χ1) is 14.2. The van der Waals surface area contributed by atoms with E-state index in [9.17, 15) is 0 Å². The Kier molecular flexibility index (Phi) is 5.24. The van der Waals surface area contributed by atoms with E-state index in [-0.39, 0.29) is 0 Å². The van der Waals surface area contributed by atoms with Crippen LogP contribution in [-0.2, 0) is 24.1 Å². The molecule has 5 rings (SSSR count). The molecule has 1 aromatic carbocycles. The summed E-state index contributed by atoms with van der Waals surface area (Å²) in [5.74, 6) is 3.12. The molecule has 0 bridgehead atoms. The van der Waals surface area contributed by atoms with Gasteiger partial charge in [0.1, 0.15) is 16.4 Å². The minimum atomic E-state index is 0.717. The number of morpholine rings is 1. The molecule has 3 heterocycles. The SMILES string of the molecule is Cc1ccc(Oc2nc(CN3CCOCC3)nc3sc4c(c23)CC[C@H](C)C4)cc1. The Morgan fingerprint density at radius 3 is 2.76 bits per heavy atom. The maximum Gasteiger partial charge on any atom is 0.231 e. The maximum atomic E-state index is 6.34. The summed E-state index contributed by atoms with van der Waals surface area (Å²) in [6, 6.07) is 8.19. The van der Waals surface area contributed by atoms with Gasteiger partial charge in [-0.15, -0.1) is 11.3 Å². The summed E-state index contributed by atoms with van der Waals surface area (Å²) in [6.45, 7) is 8.57. The molecule has 0 unspecified atom stereocenters. The summed E-state index contributed by atoms with van der Waals surface area (Å²) in [5.41, 5.74) is 2.63. The fourth-order valence-electron chi connectivity index (χ4n) is 4.17. The third kappa shape index (κ3) is 4.02. The lowest BCUT2D eigenvalue weighted by atomic mass is 9.89. The van der Waals surface area contributed by atoms with Gasteiger partial charge in [-0.1, -0.05) is 24.6 Å². The van der Waals surface area contributed by atoms with Gasteiger partial charge in [0.25, 0.3) is 0 Å². The molecule has 6 heteroatoms. The molecule has 0 spiro atoms. The first-order valence-electron chi connectivity index (χ1n) is 10.5. The zero-order chi connectivity index (χ0) is 19.8. The van der Waals surface area contributed by atoms with Crippen molar-refractivity contribution in [3.8, 4) is 11.6 Å². The lowest BCUT2D eigenvalue weighted by Gasteiger charge is -2.25. The van der Waals surface area contributed by atoms with Crippen LogP contribution in [0.4, 0.5) is 0 Å². The zero-order valence-electron chi connectivity index (χ0n) is 17.1. The summed E-state index contributed by atoms with van der Waals surface area (Å²) in [5, 5.41) is 1.13. The lowest BCUT2D eigenvalue weighted by molar-refractivity contribution is 0.0330. The molecule has 1 aliphatic carbocycles. The van der Waals surface area contributed by atoms with E-state index in [1.807, 2.05) is 23.5 Å². The van der Waals surface area contributed by atoms with Crippen molar-refractivity contribution in [1.29, 1.82) is 0 Å². The molecule has 3 aromatic rings. The van der Waals surface area contributed by atoms with Crippen LogP contribution in [0.5, 0.6) is 11.6 Å². The molecule has 2 aromatic heterocycles. The molecule has 1 fully saturated rings. The largest absolute Gasteiger partial charge is 0.438 e. The molecule has 5 nitrogen and oxygen atoms in total. The van der Waals surface area contributed by atoms with E-state index >= 15 is 0 Å². The van der Waals surface area contributed by atoms with E-state index < -0.39 is 0 Å². The van der Waals surface area contributed by atoms with Crippen LogP contribution in [0.1, 0.15) is 35.2 Å². The van der Waals surface area contributed by atoms with Crippen molar-refractivity contribution in [3.05, 3.63) is 46.1 Å². The predicted molar refractivity (Wildman–Crippen MR) is 116 cm³/mol. The van der Waals surface area contributed by atoms with Gasteiger partial charge in [-0.2, -0.15) is 4.98 Å². The topological polar surface area (TPSA) is 47.5 Å². The Bertz CT molecular complexity index is 1010. The number of nitrogens with zero attached hydrogens (tertiary/aromatic N) is 3. The van der Waals surface area contributed by atoms with E-state index in [4.69, 9.17) is 19.4 Å². The average Bonchev–Trinajstić information content (AvgIpc) is 3.08. The average molecular weight is 410 g/mol. The molecule has 2 aliphatic rings. The van der Waals surface area contributed by atoms with Crippen molar-refractivity contribution >= 4 is 21.6 Å². The second kappa shape index (κ2) is 8.01. The van der Waals surface area contributed by atoms with Crippen LogP contribution in [-0.4, -0.2) is 41.2 Å². The number of hydrogen-bond acceptors (Lipinski definition) is 6. The summed E-state index contributed by atoms with van der Waals surface area (Å²) in [6.07, 6.45) is 3.45. The molecular formula is C23H27N3O2S. The number of rotatable bonds is 4. The monoisotopic (exact) mass is 409 g/mol. The number of ether oxygens (including phenoxy) is 2. The highest BCUT2D eigenvalue weighted by atomic mass is 32.1. The molecular weight excluding hydrogens is 382 g/mol. The van der Waals surface area contributed by atoms with Crippen LogP contribution in [0, 0.1) is 12.8 Å². The van der Waals surface area contributed by atoms with Crippen molar-refractivity contribution in [2.24, 2.45) is 5.92 Å². The third-order valence-electron chi connectivity index (χ3n) is 5.87. The number of aromatic nitrogens is 2. The van der Waals surface area contributed by atoms with Gasteiger partial charge in [-0.05, 0) is 49.8 Å². The van der Waals surface area contributed by atoms with Gasteiger partial charge in [0.15, 0.2) is 0 Å². The van der Waals surface area contributed by atoms with Crippen molar-refractivity contribution in [2.45, 2.75) is 39.7 Å². The van der Waals surface area contributed by atoms with E-state index in [0.717, 1.165) is 73.4 Å². The minimum Gasteiger partial charge on any atom is -0.438 e. The third-order valence-corrected chi connectivity index (χ3v) is 7.02. The Morgan fingerprint density at radius 2 is 1.97 bits per heavy atom. The Labute approximate surface area is 175 Å². The van der Waals surface area contributed by atoms with Crippen LogP contribution < -0.4 is 4.74 Å². The quantitative estimate of drug-likeness (QED) is 0.622. The van der Waals surface area contributed by atoms with Gasteiger partial charge in [0, 0.05) is 18.0 Å². The Balaban J connectivity index is 1.55. The molecule has 29 heavy (non-hydrogen) atoms. The fraction of sp³-hybridized carbons (Fsp3) is 0.478. The second-order valence-electron chi connectivity index (χ2n) is 8.28. The standard InChI is InChI=1S/C23H27N3O2S/c1-15-3-6-17(7-4-15)28-22-21-18-8-5-16(2)13-19(18)29-23(21)25-20(24-22)14-26-9-11-27-12-10-26/h3-4,6-7,16H,5,8-14H2,1-2H3/t16-/m0/s1. The fourth-order valence-corrected chi connectivity index (χ4v) is 5.56. The molecule has 0 amide bonds.